The zero-order valence-corrected chi connectivity index (χ0v) is 11.0. The fourth-order valence-electron chi connectivity index (χ4n) is 1.82. The molecule has 1 atom stereocenters. The molecule has 4 N–H and O–H groups in total. The number of halogens is 1. The van der Waals surface area contributed by atoms with E-state index in [9.17, 15) is 15.3 Å². The van der Waals surface area contributed by atoms with Gasteiger partial charge in [-0.3, -0.25) is 0 Å². The van der Waals surface area contributed by atoms with Crippen LogP contribution in [0.15, 0.2) is 36.4 Å². The number of phenolic OH excluding ortho intramolecular Hbond substituents is 3. The minimum absolute atomic E-state index is 0.0149. The zero-order valence-electron chi connectivity index (χ0n) is 10.3. The molecule has 0 radical (unpaired) electrons. The van der Waals surface area contributed by atoms with Gasteiger partial charge in [0.1, 0.15) is 17.2 Å². The van der Waals surface area contributed by atoms with E-state index in [0.717, 1.165) is 5.69 Å². The molecule has 0 aromatic heterocycles. The number of nitrogens with one attached hydrogen (secondary N) is 1. The molecular weight excluding hydrogens is 266 g/mol. The highest BCUT2D eigenvalue weighted by atomic mass is 35.5. The van der Waals surface area contributed by atoms with Gasteiger partial charge >= 0.3 is 0 Å². The summed E-state index contributed by atoms with van der Waals surface area (Å²) in [6.45, 7) is 1.87. The SMILES string of the molecule is CC(Nc1ccc(O)c(Cl)c1)c1ccc(O)cc1O. The third-order valence-corrected chi connectivity index (χ3v) is 3.11. The molecule has 0 bridgehead atoms. The molecule has 0 saturated carbocycles. The number of hydrogen-bond donors (Lipinski definition) is 4. The highest BCUT2D eigenvalue weighted by Gasteiger charge is 2.11. The van der Waals surface area contributed by atoms with E-state index in [1.54, 1.807) is 18.2 Å². The van der Waals surface area contributed by atoms with Gasteiger partial charge in [-0.1, -0.05) is 11.6 Å². The lowest BCUT2D eigenvalue weighted by molar-refractivity contribution is 0.444. The van der Waals surface area contributed by atoms with Gasteiger partial charge in [0.25, 0.3) is 0 Å². The largest absolute Gasteiger partial charge is 0.508 e. The highest BCUT2D eigenvalue weighted by molar-refractivity contribution is 6.32. The van der Waals surface area contributed by atoms with Crippen LogP contribution >= 0.6 is 11.6 Å². The fourth-order valence-corrected chi connectivity index (χ4v) is 2.00. The summed E-state index contributed by atoms with van der Waals surface area (Å²) in [4.78, 5) is 0. The molecule has 2 rings (SSSR count). The average Bonchev–Trinajstić information content (AvgIpc) is 2.33. The predicted molar refractivity (Wildman–Crippen MR) is 74.9 cm³/mol. The Kier molecular flexibility index (Phi) is 3.71. The highest BCUT2D eigenvalue weighted by Crippen LogP contribution is 2.32. The lowest BCUT2D eigenvalue weighted by Crippen LogP contribution is -2.06. The van der Waals surface area contributed by atoms with E-state index in [4.69, 9.17) is 11.6 Å². The summed E-state index contributed by atoms with van der Waals surface area (Å²) in [6.07, 6.45) is 0. The third kappa shape index (κ3) is 3.03. The van der Waals surface area contributed by atoms with Crippen LogP contribution in [0.5, 0.6) is 17.2 Å². The molecule has 0 spiro atoms. The third-order valence-electron chi connectivity index (χ3n) is 2.81. The van der Waals surface area contributed by atoms with Gasteiger partial charge in [-0.2, -0.15) is 0 Å². The summed E-state index contributed by atoms with van der Waals surface area (Å²) >= 11 is 5.82. The van der Waals surface area contributed by atoms with Gasteiger partial charge in [-0.15, -0.1) is 0 Å². The Morgan fingerprint density at radius 3 is 2.37 bits per heavy atom. The summed E-state index contributed by atoms with van der Waals surface area (Å²) in [6, 6.07) is 9.05. The van der Waals surface area contributed by atoms with Crippen molar-refractivity contribution < 1.29 is 15.3 Å². The van der Waals surface area contributed by atoms with Crippen LogP contribution in [0, 0.1) is 0 Å². The summed E-state index contributed by atoms with van der Waals surface area (Å²) in [5.41, 5.74) is 1.38. The van der Waals surface area contributed by atoms with Gasteiger partial charge in [0, 0.05) is 17.3 Å². The zero-order chi connectivity index (χ0) is 14.0. The first-order valence-corrected chi connectivity index (χ1v) is 6.12. The van der Waals surface area contributed by atoms with E-state index < -0.39 is 0 Å². The predicted octanol–water partition coefficient (Wildman–Crippen LogP) is 3.63. The van der Waals surface area contributed by atoms with Crippen molar-refractivity contribution >= 4 is 17.3 Å². The Labute approximate surface area is 115 Å². The lowest BCUT2D eigenvalue weighted by atomic mass is 10.1. The van der Waals surface area contributed by atoms with E-state index in [1.807, 2.05) is 6.92 Å². The second-order valence-electron chi connectivity index (χ2n) is 4.28. The minimum Gasteiger partial charge on any atom is -0.508 e. The van der Waals surface area contributed by atoms with Crippen LogP contribution in [0.1, 0.15) is 18.5 Å². The van der Waals surface area contributed by atoms with E-state index in [1.165, 1.54) is 18.2 Å². The Bertz CT molecular complexity index is 601. The van der Waals surface area contributed by atoms with Gasteiger partial charge < -0.3 is 20.6 Å². The average molecular weight is 280 g/mol. The molecule has 2 aromatic carbocycles. The van der Waals surface area contributed by atoms with E-state index in [2.05, 4.69) is 5.32 Å². The van der Waals surface area contributed by atoms with E-state index in [-0.39, 0.29) is 28.3 Å². The number of hydrogen-bond acceptors (Lipinski definition) is 4. The Morgan fingerprint density at radius 1 is 1.00 bits per heavy atom. The fraction of sp³-hybridized carbons (Fsp3) is 0.143. The van der Waals surface area contributed by atoms with Crippen LogP contribution in [0.3, 0.4) is 0 Å². The number of rotatable bonds is 3. The van der Waals surface area contributed by atoms with Crippen LogP contribution in [-0.2, 0) is 0 Å². The topological polar surface area (TPSA) is 72.7 Å². The molecule has 0 aliphatic carbocycles. The van der Waals surface area contributed by atoms with Gasteiger partial charge in [-0.25, -0.2) is 0 Å². The Balaban J connectivity index is 2.20. The minimum atomic E-state index is -0.179. The molecule has 1 unspecified atom stereocenters. The molecule has 0 heterocycles. The first-order valence-electron chi connectivity index (χ1n) is 5.74. The summed E-state index contributed by atoms with van der Waals surface area (Å²) in [5.74, 6) is 0.0540. The molecule has 19 heavy (non-hydrogen) atoms. The van der Waals surface area contributed by atoms with Crippen LogP contribution in [0.2, 0.25) is 5.02 Å². The standard InChI is InChI=1S/C14H14ClNO3/c1-8(11-4-3-10(17)7-14(11)19)16-9-2-5-13(18)12(15)6-9/h2-8,16-19H,1H3. The number of benzene rings is 2. The number of anilines is 1. The monoisotopic (exact) mass is 279 g/mol. The van der Waals surface area contributed by atoms with Crippen molar-refractivity contribution in [2.75, 3.05) is 5.32 Å². The molecule has 4 nitrogen and oxygen atoms in total. The van der Waals surface area contributed by atoms with Gasteiger partial charge in [-0.05, 0) is 37.3 Å². The Hall–Kier alpha value is -2.07. The van der Waals surface area contributed by atoms with Crippen molar-refractivity contribution in [3.05, 3.63) is 47.0 Å². The molecule has 2 aromatic rings. The van der Waals surface area contributed by atoms with Crippen LogP contribution < -0.4 is 5.32 Å². The van der Waals surface area contributed by atoms with E-state index >= 15 is 0 Å². The molecule has 0 aliphatic rings. The smallest absolute Gasteiger partial charge is 0.134 e. The van der Waals surface area contributed by atoms with Crippen molar-refractivity contribution in [3.63, 3.8) is 0 Å². The molecule has 100 valence electrons. The van der Waals surface area contributed by atoms with Gasteiger partial charge in [0.05, 0.1) is 11.1 Å². The number of phenols is 3. The van der Waals surface area contributed by atoms with Crippen molar-refractivity contribution in [2.45, 2.75) is 13.0 Å². The maximum Gasteiger partial charge on any atom is 0.134 e. The lowest BCUT2D eigenvalue weighted by Gasteiger charge is -2.17. The van der Waals surface area contributed by atoms with Crippen molar-refractivity contribution in [3.8, 4) is 17.2 Å². The van der Waals surface area contributed by atoms with Crippen molar-refractivity contribution in [1.29, 1.82) is 0 Å². The summed E-state index contributed by atoms with van der Waals surface area (Å²) < 4.78 is 0. The number of aromatic hydroxyl groups is 3. The molecule has 0 aliphatic heterocycles. The summed E-state index contributed by atoms with van der Waals surface area (Å²) in [7, 11) is 0. The first kappa shape index (κ1) is 13.4. The molecule has 5 heteroatoms. The normalized spacial score (nSPS) is 12.1. The van der Waals surface area contributed by atoms with Crippen molar-refractivity contribution in [1.82, 2.24) is 0 Å². The Morgan fingerprint density at radius 2 is 1.74 bits per heavy atom. The molecular formula is C14H14ClNO3. The quantitative estimate of drug-likeness (QED) is 0.648. The maximum atomic E-state index is 9.77. The molecule has 0 amide bonds. The van der Waals surface area contributed by atoms with Gasteiger partial charge in [0.2, 0.25) is 0 Å². The second kappa shape index (κ2) is 5.28. The van der Waals surface area contributed by atoms with Crippen LogP contribution in [0.4, 0.5) is 5.69 Å². The van der Waals surface area contributed by atoms with Gasteiger partial charge in [0.15, 0.2) is 0 Å². The maximum absolute atomic E-state index is 9.77. The second-order valence-corrected chi connectivity index (χ2v) is 4.68. The molecule has 0 fully saturated rings. The van der Waals surface area contributed by atoms with Crippen LogP contribution in [-0.4, -0.2) is 15.3 Å². The molecule has 0 saturated heterocycles. The summed E-state index contributed by atoms with van der Waals surface area (Å²) in [5, 5.41) is 31.8. The van der Waals surface area contributed by atoms with Crippen LogP contribution in [0.25, 0.3) is 0 Å². The van der Waals surface area contributed by atoms with Crippen molar-refractivity contribution in [2.24, 2.45) is 0 Å². The van der Waals surface area contributed by atoms with E-state index in [0.29, 0.717) is 5.56 Å². The first-order chi connectivity index (χ1) is 8.97.